The van der Waals surface area contributed by atoms with Crippen molar-refractivity contribution in [3.63, 3.8) is 0 Å². The van der Waals surface area contributed by atoms with Crippen molar-refractivity contribution < 1.29 is 8.78 Å². The van der Waals surface area contributed by atoms with Gasteiger partial charge in [0.2, 0.25) is 0 Å². The van der Waals surface area contributed by atoms with Crippen LogP contribution < -0.4 is 0 Å². The van der Waals surface area contributed by atoms with Gasteiger partial charge in [-0.15, -0.1) is 6.58 Å². The zero-order valence-corrected chi connectivity index (χ0v) is 16.1. The number of hydrogen-bond acceptors (Lipinski definition) is 0. The lowest BCUT2D eigenvalue weighted by atomic mass is 9.64. The molecule has 0 amide bonds. The van der Waals surface area contributed by atoms with Crippen LogP contribution in [-0.2, 0) is 0 Å². The molecule has 3 aliphatic carbocycles. The first-order chi connectivity index (χ1) is 12.1. The molecule has 4 unspecified atom stereocenters. The first-order valence-electron chi connectivity index (χ1n) is 11.0. The molecule has 3 rings (SSSR count). The highest BCUT2D eigenvalue weighted by Crippen LogP contribution is 2.47. The molecule has 3 saturated carbocycles. The Bertz CT molecular complexity index is 404. The third-order valence-electron chi connectivity index (χ3n) is 7.97. The maximum atomic E-state index is 14.5. The second-order valence-electron chi connectivity index (χ2n) is 9.43. The average Bonchev–Trinajstić information content (AvgIpc) is 2.65. The van der Waals surface area contributed by atoms with Crippen LogP contribution in [0.3, 0.4) is 0 Å². The lowest BCUT2D eigenvalue weighted by Crippen LogP contribution is -2.41. The molecule has 0 aromatic heterocycles. The molecule has 25 heavy (non-hydrogen) atoms. The molecular formula is C23H38F2. The Balaban J connectivity index is 1.43. The van der Waals surface area contributed by atoms with Gasteiger partial charge in [0.15, 0.2) is 0 Å². The standard InChI is InChI=1S/C23H38F2/c1-3-4-5-17-7-9-18(10-8-17)19-11-13-20(14-12-19)21-15-6-16(2)22(24)23(21)25/h3,16-23H,1,4-15H2,2H3. The van der Waals surface area contributed by atoms with Crippen LogP contribution >= 0.6 is 0 Å². The summed E-state index contributed by atoms with van der Waals surface area (Å²) < 4.78 is 28.6. The van der Waals surface area contributed by atoms with Gasteiger partial charge in [-0.3, -0.25) is 0 Å². The minimum atomic E-state index is -1.22. The molecule has 0 bridgehead atoms. The van der Waals surface area contributed by atoms with E-state index in [0.717, 1.165) is 43.4 Å². The second kappa shape index (κ2) is 9.00. The van der Waals surface area contributed by atoms with Crippen molar-refractivity contribution in [3.05, 3.63) is 12.7 Å². The second-order valence-corrected chi connectivity index (χ2v) is 9.43. The van der Waals surface area contributed by atoms with Crippen molar-refractivity contribution in [2.24, 2.45) is 35.5 Å². The normalized spacial score (nSPS) is 45.9. The van der Waals surface area contributed by atoms with Gasteiger partial charge in [-0.05, 0) is 99.7 Å². The topological polar surface area (TPSA) is 0 Å². The minimum absolute atomic E-state index is 0.00166. The maximum absolute atomic E-state index is 14.5. The first kappa shape index (κ1) is 19.4. The number of rotatable bonds is 5. The summed E-state index contributed by atoms with van der Waals surface area (Å²) in [5.74, 6) is 3.05. The summed E-state index contributed by atoms with van der Waals surface area (Å²) in [5.41, 5.74) is 0. The van der Waals surface area contributed by atoms with E-state index in [1.165, 1.54) is 51.4 Å². The summed E-state index contributed by atoms with van der Waals surface area (Å²) in [6.07, 6.45) is 14.3. The van der Waals surface area contributed by atoms with Crippen molar-refractivity contribution in [2.75, 3.05) is 0 Å². The predicted octanol–water partition coefficient (Wildman–Crippen LogP) is 7.29. The van der Waals surface area contributed by atoms with Crippen LogP contribution in [0.2, 0.25) is 0 Å². The summed E-state index contributed by atoms with van der Waals surface area (Å²) in [6, 6.07) is 0. The molecule has 0 saturated heterocycles. The molecule has 0 nitrogen and oxygen atoms in total. The van der Waals surface area contributed by atoms with E-state index in [0.29, 0.717) is 5.92 Å². The molecule has 4 atom stereocenters. The molecule has 2 heteroatoms. The molecule has 0 aliphatic heterocycles. The lowest BCUT2D eigenvalue weighted by molar-refractivity contribution is -0.0101. The highest BCUT2D eigenvalue weighted by Gasteiger charge is 2.43. The summed E-state index contributed by atoms with van der Waals surface area (Å²) in [5, 5.41) is 0. The monoisotopic (exact) mass is 352 g/mol. The van der Waals surface area contributed by atoms with Gasteiger partial charge < -0.3 is 0 Å². The summed E-state index contributed by atoms with van der Waals surface area (Å²) in [7, 11) is 0. The lowest BCUT2D eigenvalue weighted by Gasteiger charge is -2.43. The van der Waals surface area contributed by atoms with Crippen LogP contribution in [-0.4, -0.2) is 12.3 Å². The molecule has 0 radical (unpaired) electrons. The van der Waals surface area contributed by atoms with E-state index in [4.69, 9.17) is 0 Å². The Labute approximate surface area is 153 Å². The van der Waals surface area contributed by atoms with Gasteiger partial charge in [-0.1, -0.05) is 25.8 Å². The minimum Gasteiger partial charge on any atom is -0.244 e. The highest BCUT2D eigenvalue weighted by atomic mass is 19.2. The quantitative estimate of drug-likeness (QED) is 0.456. The zero-order valence-electron chi connectivity index (χ0n) is 16.1. The largest absolute Gasteiger partial charge is 0.244 e. The van der Waals surface area contributed by atoms with Gasteiger partial charge >= 0.3 is 0 Å². The fraction of sp³-hybridized carbons (Fsp3) is 0.913. The van der Waals surface area contributed by atoms with Crippen molar-refractivity contribution in [2.45, 2.75) is 96.3 Å². The third kappa shape index (κ3) is 4.66. The Kier molecular flexibility index (Phi) is 6.97. The van der Waals surface area contributed by atoms with Gasteiger partial charge in [0, 0.05) is 0 Å². The van der Waals surface area contributed by atoms with Crippen molar-refractivity contribution in [1.82, 2.24) is 0 Å². The van der Waals surface area contributed by atoms with Crippen LogP contribution in [0, 0.1) is 35.5 Å². The van der Waals surface area contributed by atoms with E-state index < -0.39 is 12.3 Å². The smallest absolute Gasteiger partial charge is 0.134 e. The zero-order chi connectivity index (χ0) is 17.8. The van der Waals surface area contributed by atoms with Crippen LogP contribution in [0.4, 0.5) is 8.78 Å². The van der Waals surface area contributed by atoms with E-state index in [9.17, 15) is 8.78 Å². The Morgan fingerprint density at radius 1 is 0.760 bits per heavy atom. The van der Waals surface area contributed by atoms with Gasteiger partial charge in [-0.2, -0.15) is 0 Å². The van der Waals surface area contributed by atoms with E-state index in [1.807, 2.05) is 6.92 Å². The van der Waals surface area contributed by atoms with Crippen molar-refractivity contribution >= 4 is 0 Å². The summed E-state index contributed by atoms with van der Waals surface area (Å²) in [6.45, 7) is 5.71. The number of alkyl halides is 2. The van der Waals surface area contributed by atoms with Gasteiger partial charge in [-0.25, -0.2) is 8.78 Å². The predicted molar refractivity (Wildman–Crippen MR) is 102 cm³/mol. The van der Waals surface area contributed by atoms with Crippen LogP contribution in [0.15, 0.2) is 12.7 Å². The molecule has 3 aliphatic rings. The first-order valence-corrected chi connectivity index (χ1v) is 11.0. The molecular weight excluding hydrogens is 314 g/mol. The van der Waals surface area contributed by atoms with Gasteiger partial charge in [0.05, 0.1) is 0 Å². The fourth-order valence-corrected chi connectivity index (χ4v) is 6.17. The molecule has 144 valence electrons. The Morgan fingerprint density at radius 3 is 1.92 bits per heavy atom. The van der Waals surface area contributed by atoms with E-state index >= 15 is 0 Å². The van der Waals surface area contributed by atoms with Crippen LogP contribution in [0.25, 0.3) is 0 Å². The SMILES string of the molecule is C=CCCC1CCC(C2CCC(C3CCC(C)C(F)C3F)CC2)CC1. The van der Waals surface area contributed by atoms with Gasteiger partial charge in [0.25, 0.3) is 0 Å². The van der Waals surface area contributed by atoms with Crippen LogP contribution in [0.5, 0.6) is 0 Å². The summed E-state index contributed by atoms with van der Waals surface area (Å²) in [4.78, 5) is 0. The van der Waals surface area contributed by atoms with E-state index in [1.54, 1.807) is 0 Å². The molecule has 0 heterocycles. The maximum Gasteiger partial charge on any atom is 0.134 e. The van der Waals surface area contributed by atoms with Crippen molar-refractivity contribution in [1.29, 1.82) is 0 Å². The number of hydrogen-bond donors (Lipinski definition) is 0. The molecule has 0 N–H and O–H groups in total. The van der Waals surface area contributed by atoms with Gasteiger partial charge in [0.1, 0.15) is 12.3 Å². The Morgan fingerprint density at radius 2 is 1.32 bits per heavy atom. The molecule has 3 fully saturated rings. The fourth-order valence-electron chi connectivity index (χ4n) is 6.17. The summed E-state index contributed by atoms with van der Waals surface area (Å²) >= 11 is 0. The third-order valence-corrected chi connectivity index (χ3v) is 7.97. The van der Waals surface area contributed by atoms with E-state index in [2.05, 4.69) is 12.7 Å². The van der Waals surface area contributed by atoms with Crippen molar-refractivity contribution in [3.8, 4) is 0 Å². The number of allylic oxidation sites excluding steroid dienone is 1. The van der Waals surface area contributed by atoms with Crippen LogP contribution in [0.1, 0.15) is 84.0 Å². The highest BCUT2D eigenvalue weighted by molar-refractivity contribution is 4.92. The number of halogens is 2. The van der Waals surface area contributed by atoms with E-state index in [-0.39, 0.29) is 11.8 Å². The molecule has 0 aromatic carbocycles. The Hall–Kier alpha value is -0.400. The average molecular weight is 353 g/mol. The molecule has 0 aromatic rings. The molecule has 0 spiro atoms.